The predicted octanol–water partition coefficient (Wildman–Crippen LogP) is 0.873. The molecule has 26 heavy (non-hydrogen) atoms. The summed E-state index contributed by atoms with van der Waals surface area (Å²) < 4.78 is 20.4. The van der Waals surface area contributed by atoms with Gasteiger partial charge in [0.25, 0.3) is 5.91 Å². The second kappa shape index (κ2) is 7.94. The first-order chi connectivity index (χ1) is 12.6. The fourth-order valence-corrected chi connectivity index (χ4v) is 2.68. The summed E-state index contributed by atoms with van der Waals surface area (Å²) >= 11 is 0. The highest BCUT2D eigenvalue weighted by Gasteiger charge is 2.25. The molecule has 2 heterocycles. The van der Waals surface area contributed by atoms with Crippen LogP contribution in [0.4, 0.5) is 4.79 Å². The Morgan fingerprint density at radius 2 is 1.69 bits per heavy atom. The largest absolute Gasteiger partial charge is 0.454 e. The van der Waals surface area contributed by atoms with Crippen molar-refractivity contribution in [2.24, 2.45) is 0 Å². The normalized spacial score (nSPS) is 15.6. The average molecular weight is 364 g/mol. The summed E-state index contributed by atoms with van der Waals surface area (Å²) in [5, 5.41) is 0. The zero-order valence-electron chi connectivity index (χ0n) is 14.4. The number of hydrogen-bond donors (Lipinski definition) is 0. The molecule has 1 saturated heterocycles. The third-order valence-corrected chi connectivity index (χ3v) is 4.09. The van der Waals surface area contributed by atoms with E-state index in [9.17, 15) is 14.4 Å². The first-order valence-electron chi connectivity index (χ1n) is 8.34. The van der Waals surface area contributed by atoms with Crippen molar-refractivity contribution in [3.63, 3.8) is 0 Å². The molecule has 0 saturated carbocycles. The van der Waals surface area contributed by atoms with Crippen LogP contribution in [-0.2, 0) is 14.3 Å². The Morgan fingerprint density at radius 3 is 2.42 bits per heavy atom. The highest BCUT2D eigenvalue weighted by molar-refractivity contribution is 5.92. The zero-order valence-corrected chi connectivity index (χ0v) is 14.4. The van der Waals surface area contributed by atoms with E-state index in [0.29, 0.717) is 44.3 Å². The van der Waals surface area contributed by atoms with Gasteiger partial charge in [0.15, 0.2) is 18.1 Å². The van der Waals surface area contributed by atoms with Crippen molar-refractivity contribution in [3.8, 4) is 11.5 Å². The Hall–Kier alpha value is -2.97. The van der Waals surface area contributed by atoms with E-state index in [1.807, 2.05) is 0 Å². The Labute approximate surface area is 150 Å². The monoisotopic (exact) mass is 364 g/mol. The van der Waals surface area contributed by atoms with Crippen molar-refractivity contribution >= 4 is 18.0 Å². The summed E-state index contributed by atoms with van der Waals surface area (Å²) in [4.78, 5) is 39.0. The number of fused-ring (bicyclic) bond motifs is 1. The quantitative estimate of drug-likeness (QED) is 0.732. The predicted molar refractivity (Wildman–Crippen MR) is 88.0 cm³/mol. The zero-order chi connectivity index (χ0) is 18.5. The number of amides is 2. The second-order valence-electron chi connectivity index (χ2n) is 5.71. The van der Waals surface area contributed by atoms with E-state index in [1.54, 1.807) is 28.9 Å². The molecule has 0 bridgehead atoms. The maximum atomic E-state index is 12.2. The molecule has 3 rings (SSSR count). The fraction of sp³-hybridized carbons (Fsp3) is 0.471. The van der Waals surface area contributed by atoms with E-state index in [-0.39, 0.29) is 31.0 Å². The smallest absolute Gasteiger partial charge is 0.409 e. The number of hydrogen-bond acceptors (Lipinski definition) is 7. The van der Waals surface area contributed by atoms with Gasteiger partial charge in [-0.2, -0.15) is 0 Å². The second-order valence-corrected chi connectivity index (χ2v) is 5.71. The van der Waals surface area contributed by atoms with E-state index >= 15 is 0 Å². The summed E-state index contributed by atoms with van der Waals surface area (Å²) in [6.07, 6.45) is -0.381. The van der Waals surface area contributed by atoms with E-state index in [2.05, 4.69) is 0 Å². The van der Waals surface area contributed by atoms with Crippen LogP contribution in [0, 0.1) is 0 Å². The van der Waals surface area contributed by atoms with Gasteiger partial charge in [-0.05, 0) is 25.1 Å². The lowest BCUT2D eigenvalue weighted by Gasteiger charge is -2.33. The van der Waals surface area contributed by atoms with Crippen LogP contribution in [0.2, 0.25) is 0 Å². The van der Waals surface area contributed by atoms with Gasteiger partial charge in [0.05, 0.1) is 12.2 Å². The minimum atomic E-state index is -0.609. The van der Waals surface area contributed by atoms with Crippen molar-refractivity contribution in [2.45, 2.75) is 6.92 Å². The van der Waals surface area contributed by atoms with E-state index < -0.39 is 5.97 Å². The molecule has 0 aliphatic carbocycles. The van der Waals surface area contributed by atoms with Gasteiger partial charge >= 0.3 is 12.1 Å². The van der Waals surface area contributed by atoms with Gasteiger partial charge in [0.2, 0.25) is 6.79 Å². The SMILES string of the molecule is CCOC(=O)N1CCN(C(=O)COC(=O)c2ccc3c(c2)OCO3)CC1. The van der Waals surface area contributed by atoms with Gasteiger partial charge in [-0.3, -0.25) is 4.79 Å². The van der Waals surface area contributed by atoms with Crippen molar-refractivity contribution in [2.75, 3.05) is 46.2 Å². The van der Waals surface area contributed by atoms with Crippen LogP contribution in [0.5, 0.6) is 11.5 Å². The lowest BCUT2D eigenvalue weighted by atomic mass is 10.2. The molecule has 9 nitrogen and oxygen atoms in total. The van der Waals surface area contributed by atoms with Crippen LogP contribution in [0.15, 0.2) is 18.2 Å². The summed E-state index contributed by atoms with van der Waals surface area (Å²) in [6, 6.07) is 4.70. The lowest BCUT2D eigenvalue weighted by Crippen LogP contribution is -2.51. The van der Waals surface area contributed by atoms with E-state index in [1.165, 1.54) is 6.07 Å². The molecule has 0 aromatic heterocycles. The van der Waals surface area contributed by atoms with Gasteiger partial charge in [-0.25, -0.2) is 9.59 Å². The molecule has 0 spiro atoms. The van der Waals surface area contributed by atoms with Gasteiger partial charge in [0.1, 0.15) is 0 Å². The summed E-state index contributed by atoms with van der Waals surface area (Å²) in [5.41, 5.74) is 0.286. The molecular formula is C17H20N2O7. The highest BCUT2D eigenvalue weighted by atomic mass is 16.7. The minimum absolute atomic E-state index is 0.115. The number of esters is 1. The van der Waals surface area contributed by atoms with Gasteiger partial charge in [-0.1, -0.05) is 0 Å². The number of nitrogens with zero attached hydrogens (tertiary/aromatic N) is 2. The minimum Gasteiger partial charge on any atom is -0.454 e. The highest BCUT2D eigenvalue weighted by Crippen LogP contribution is 2.32. The molecule has 0 N–H and O–H groups in total. The number of ether oxygens (including phenoxy) is 4. The van der Waals surface area contributed by atoms with Gasteiger partial charge in [0, 0.05) is 26.2 Å². The van der Waals surface area contributed by atoms with Crippen molar-refractivity contribution in [3.05, 3.63) is 23.8 Å². The number of carbonyl (C=O) groups excluding carboxylic acids is 3. The molecular weight excluding hydrogens is 344 g/mol. The molecule has 9 heteroatoms. The molecule has 0 unspecified atom stereocenters. The Balaban J connectivity index is 1.45. The number of carbonyl (C=O) groups is 3. The lowest BCUT2D eigenvalue weighted by molar-refractivity contribution is -0.136. The molecule has 2 amide bonds. The van der Waals surface area contributed by atoms with Crippen LogP contribution in [0.25, 0.3) is 0 Å². The van der Waals surface area contributed by atoms with Crippen molar-refractivity contribution in [1.29, 1.82) is 0 Å². The van der Waals surface area contributed by atoms with Gasteiger partial charge < -0.3 is 28.7 Å². The fourth-order valence-electron chi connectivity index (χ4n) is 2.68. The third kappa shape index (κ3) is 3.98. The maximum Gasteiger partial charge on any atom is 0.409 e. The van der Waals surface area contributed by atoms with Crippen LogP contribution in [0.1, 0.15) is 17.3 Å². The Bertz CT molecular complexity index is 698. The van der Waals surface area contributed by atoms with Crippen molar-refractivity contribution in [1.82, 2.24) is 9.80 Å². The standard InChI is InChI=1S/C17H20N2O7/c1-2-23-17(22)19-7-5-18(6-8-19)15(20)10-24-16(21)12-3-4-13-14(9-12)26-11-25-13/h3-4,9H,2,5-8,10-11H2,1H3. The summed E-state index contributed by atoms with van der Waals surface area (Å²) in [5.74, 6) is 0.127. The Kier molecular flexibility index (Phi) is 5.45. The molecule has 0 atom stereocenters. The maximum absolute atomic E-state index is 12.2. The third-order valence-electron chi connectivity index (χ3n) is 4.09. The molecule has 0 radical (unpaired) electrons. The van der Waals surface area contributed by atoms with Gasteiger partial charge in [-0.15, -0.1) is 0 Å². The molecule has 1 aromatic carbocycles. The van der Waals surface area contributed by atoms with Crippen LogP contribution in [-0.4, -0.2) is 74.0 Å². The molecule has 1 aromatic rings. The number of piperazine rings is 1. The summed E-state index contributed by atoms with van der Waals surface area (Å²) in [7, 11) is 0. The van der Waals surface area contributed by atoms with E-state index in [4.69, 9.17) is 18.9 Å². The molecule has 2 aliphatic rings. The topological polar surface area (TPSA) is 94.6 Å². The molecule has 2 aliphatic heterocycles. The number of rotatable bonds is 4. The van der Waals surface area contributed by atoms with E-state index in [0.717, 1.165) is 0 Å². The van der Waals surface area contributed by atoms with Crippen molar-refractivity contribution < 1.29 is 33.3 Å². The average Bonchev–Trinajstić information content (AvgIpc) is 3.14. The van der Waals surface area contributed by atoms with Crippen LogP contribution >= 0.6 is 0 Å². The van der Waals surface area contributed by atoms with Crippen LogP contribution in [0.3, 0.4) is 0 Å². The Morgan fingerprint density at radius 1 is 1.00 bits per heavy atom. The molecule has 1 fully saturated rings. The summed E-state index contributed by atoms with van der Waals surface area (Å²) in [6.45, 7) is 3.34. The first-order valence-corrected chi connectivity index (χ1v) is 8.34. The molecule has 140 valence electrons. The number of benzene rings is 1. The van der Waals surface area contributed by atoms with Crippen LogP contribution < -0.4 is 9.47 Å². The first kappa shape index (κ1) is 17.8.